The van der Waals surface area contributed by atoms with Crippen molar-refractivity contribution in [1.82, 2.24) is 9.38 Å². The van der Waals surface area contributed by atoms with Crippen LogP contribution < -0.4 is 9.47 Å². The minimum atomic E-state index is -2.57. The van der Waals surface area contributed by atoms with Crippen molar-refractivity contribution in [2.24, 2.45) is 0 Å². The maximum Gasteiger partial charge on any atom is 0.180 e. The largest absolute Gasteiger partial charge is 0.493 e. The van der Waals surface area contributed by atoms with Gasteiger partial charge < -0.3 is 13.9 Å². The Morgan fingerprint density at radius 3 is 2.91 bits per heavy atom. The average Bonchev–Trinajstić information content (AvgIpc) is 3.67. The van der Waals surface area contributed by atoms with Crippen molar-refractivity contribution in [3.05, 3.63) is 99.8 Å². The molecule has 174 valence electrons. The zero-order valence-corrected chi connectivity index (χ0v) is 19.1. The van der Waals surface area contributed by atoms with Gasteiger partial charge in [0.05, 0.1) is 28.6 Å². The molecular weight excluding hydrogens is 441 g/mol. The number of rotatable bonds is 4. The quantitative estimate of drug-likeness (QED) is 0.335. The van der Waals surface area contributed by atoms with Crippen LogP contribution >= 0.6 is 0 Å². The lowest BCUT2D eigenvalue weighted by Gasteiger charge is -2.13. The van der Waals surface area contributed by atoms with E-state index in [-0.39, 0.29) is 12.4 Å². The van der Waals surface area contributed by atoms with E-state index in [2.05, 4.69) is 12.1 Å². The van der Waals surface area contributed by atoms with Crippen LogP contribution in [0.25, 0.3) is 11.2 Å². The molecule has 35 heavy (non-hydrogen) atoms. The molecule has 6 heteroatoms. The fraction of sp³-hybridized carbons (Fsp3) is 0.241. The molecule has 1 fully saturated rings. The Labute approximate surface area is 207 Å². The van der Waals surface area contributed by atoms with E-state index in [1.807, 2.05) is 22.7 Å². The van der Waals surface area contributed by atoms with Crippen molar-refractivity contribution in [2.45, 2.75) is 38.7 Å². The standard InChI is InChI=1S/C29H24FN3O2/c1-17(15-31)27-22-9-5-18(12-20(22)16-35-26-14-21(30)8-10-23(26)27)13-24-28(19-6-7-19)32-29-25(34-2)4-3-11-33(24)29/h3-5,8-12,14,19H,6-7,13,16H2,1-2H3/b27-17+/i2D3. The first-order valence-electron chi connectivity index (χ1n) is 13.1. The summed E-state index contributed by atoms with van der Waals surface area (Å²) in [6.45, 7) is 1.99. The van der Waals surface area contributed by atoms with Gasteiger partial charge >= 0.3 is 0 Å². The highest BCUT2D eigenvalue weighted by atomic mass is 19.1. The number of ether oxygens (including phenoxy) is 2. The third-order valence-electron chi connectivity index (χ3n) is 6.77. The third-order valence-corrected chi connectivity index (χ3v) is 6.77. The molecule has 6 rings (SSSR count). The van der Waals surface area contributed by atoms with Gasteiger partial charge in [-0.1, -0.05) is 18.2 Å². The summed E-state index contributed by atoms with van der Waals surface area (Å²) < 4.78 is 49.7. The van der Waals surface area contributed by atoms with E-state index in [1.165, 1.54) is 12.1 Å². The van der Waals surface area contributed by atoms with E-state index in [9.17, 15) is 9.65 Å². The van der Waals surface area contributed by atoms with Gasteiger partial charge in [0.15, 0.2) is 11.4 Å². The molecule has 0 saturated heterocycles. The molecule has 2 aliphatic rings. The molecule has 5 nitrogen and oxygen atoms in total. The van der Waals surface area contributed by atoms with E-state index in [4.69, 9.17) is 18.6 Å². The summed E-state index contributed by atoms with van der Waals surface area (Å²) in [5, 5.41) is 9.71. The van der Waals surface area contributed by atoms with Crippen LogP contribution in [-0.4, -0.2) is 16.4 Å². The number of aromatic nitrogens is 2. The normalized spacial score (nSPS) is 17.7. The van der Waals surface area contributed by atoms with Crippen LogP contribution in [0.2, 0.25) is 0 Å². The maximum absolute atomic E-state index is 14.0. The average molecular weight is 469 g/mol. The van der Waals surface area contributed by atoms with Crippen LogP contribution in [0.3, 0.4) is 0 Å². The number of hydrogen-bond acceptors (Lipinski definition) is 4. The Balaban J connectivity index is 1.43. The molecule has 4 aromatic rings. The zero-order chi connectivity index (χ0) is 26.6. The molecule has 1 saturated carbocycles. The number of benzene rings is 2. The van der Waals surface area contributed by atoms with Gasteiger partial charge in [-0.05, 0) is 60.7 Å². The third kappa shape index (κ3) is 3.64. The summed E-state index contributed by atoms with van der Waals surface area (Å²) in [6, 6.07) is 16.1. The molecular formula is C29H24FN3O2. The Hall–Kier alpha value is -4.11. The Morgan fingerprint density at radius 1 is 1.26 bits per heavy atom. The number of hydrogen-bond donors (Lipinski definition) is 0. The number of nitriles is 1. The monoisotopic (exact) mass is 468 g/mol. The lowest BCUT2D eigenvalue weighted by atomic mass is 9.89. The van der Waals surface area contributed by atoms with E-state index in [0.717, 1.165) is 46.5 Å². The second-order valence-electron chi connectivity index (χ2n) is 9.10. The molecule has 1 aliphatic carbocycles. The smallest absolute Gasteiger partial charge is 0.180 e. The number of nitrogens with zero attached hydrogens (tertiary/aromatic N) is 3. The Bertz CT molecular complexity index is 1660. The van der Waals surface area contributed by atoms with Crippen LogP contribution in [0.15, 0.2) is 60.3 Å². The molecule has 0 amide bonds. The number of imidazole rings is 1. The Kier molecular flexibility index (Phi) is 4.32. The van der Waals surface area contributed by atoms with Gasteiger partial charge in [0.25, 0.3) is 0 Å². The van der Waals surface area contributed by atoms with Gasteiger partial charge in [-0.3, -0.25) is 0 Å². The summed E-state index contributed by atoms with van der Waals surface area (Å²) in [4.78, 5) is 4.82. The van der Waals surface area contributed by atoms with Crippen LogP contribution in [0.4, 0.5) is 4.39 Å². The summed E-state index contributed by atoms with van der Waals surface area (Å²) >= 11 is 0. The molecule has 0 N–H and O–H groups in total. The second-order valence-corrected chi connectivity index (χ2v) is 9.10. The van der Waals surface area contributed by atoms with Crippen molar-refractivity contribution in [1.29, 1.82) is 5.26 Å². The summed E-state index contributed by atoms with van der Waals surface area (Å²) in [5.74, 6) is 0.577. The highest BCUT2D eigenvalue weighted by molar-refractivity contribution is 5.88. The van der Waals surface area contributed by atoms with E-state index in [0.29, 0.717) is 34.9 Å². The first-order chi connectivity index (χ1) is 18.2. The molecule has 0 bridgehead atoms. The first-order valence-corrected chi connectivity index (χ1v) is 11.6. The first kappa shape index (κ1) is 18.2. The fourth-order valence-corrected chi connectivity index (χ4v) is 4.94. The summed E-state index contributed by atoms with van der Waals surface area (Å²) in [7, 11) is -2.57. The minimum Gasteiger partial charge on any atom is -0.493 e. The molecule has 2 aromatic heterocycles. The highest BCUT2D eigenvalue weighted by Gasteiger charge is 2.31. The molecule has 3 heterocycles. The number of pyridine rings is 1. The van der Waals surface area contributed by atoms with Crippen LogP contribution in [-0.2, 0) is 13.0 Å². The number of methoxy groups -OCH3 is 1. The van der Waals surface area contributed by atoms with E-state index in [1.54, 1.807) is 25.1 Å². The van der Waals surface area contributed by atoms with Crippen molar-refractivity contribution in [2.75, 3.05) is 7.04 Å². The zero-order valence-electron chi connectivity index (χ0n) is 22.1. The topological polar surface area (TPSA) is 59.5 Å². The van der Waals surface area contributed by atoms with Crippen molar-refractivity contribution >= 4 is 11.2 Å². The van der Waals surface area contributed by atoms with Crippen molar-refractivity contribution in [3.8, 4) is 17.6 Å². The fourth-order valence-electron chi connectivity index (χ4n) is 4.94. The molecule has 0 radical (unpaired) electrons. The predicted molar refractivity (Wildman–Crippen MR) is 131 cm³/mol. The highest BCUT2D eigenvalue weighted by Crippen LogP contribution is 2.43. The van der Waals surface area contributed by atoms with Crippen molar-refractivity contribution in [3.63, 3.8) is 0 Å². The van der Waals surface area contributed by atoms with Gasteiger partial charge in [0.2, 0.25) is 0 Å². The summed E-state index contributed by atoms with van der Waals surface area (Å²) in [6.07, 6.45) is 4.53. The molecule has 0 atom stereocenters. The lowest BCUT2D eigenvalue weighted by Crippen LogP contribution is -2.02. The molecule has 0 spiro atoms. The van der Waals surface area contributed by atoms with Gasteiger partial charge in [-0.25, -0.2) is 9.37 Å². The van der Waals surface area contributed by atoms with Gasteiger partial charge in [-0.15, -0.1) is 0 Å². The lowest BCUT2D eigenvalue weighted by molar-refractivity contribution is 0.305. The molecule has 2 aromatic carbocycles. The minimum absolute atomic E-state index is 0.225. The SMILES string of the molecule is [2H]C([2H])([2H])Oc1cccn2c(Cc3ccc4c(c3)COc3cc(F)ccc3/C4=C(\C)C#N)c(C3CC3)nc12. The van der Waals surface area contributed by atoms with Crippen LogP contribution in [0.5, 0.6) is 11.5 Å². The Morgan fingerprint density at radius 2 is 2.11 bits per heavy atom. The number of fused-ring (bicyclic) bond motifs is 3. The van der Waals surface area contributed by atoms with E-state index >= 15 is 0 Å². The van der Waals surface area contributed by atoms with Crippen LogP contribution in [0.1, 0.15) is 63.4 Å². The molecule has 1 aliphatic heterocycles. The van der Waals surface area contributed by atoms with Gasteiger partial charge in [-0.2, -0.15) is 5.26 Å². The van der Waals surface area contributed by atoms with Crippen LogP contribution in [0, 0.1) is 17.1 Å². The van der Waals surface area contributed by atoms with Crippen molar-refractivity contribution < 1.29 is 18.0 Å². The number of allylic oxidation sites excluding steroid dienone is 1. The molecule has 0 unspecified atom stereocenters. The maximum atomic E-state index is 14.0. The number of halogens is 1. The second kappa shape index (κ2) is 8.28. The summed E-state index contributed by atoms with van der Waals surface area (Å²) in [5.41, 5.74) is 7.19. The predicted octanol–water partition coefficient (Wildman–Crippen LogP) is 6.19. The van der Waals surface area contributed by atoms with Gasteiger partial charge in [0, 0.05) is 41.3 Å². The van der Waals surface area contributed by atoms with E-state index < -0.39 is 12.9 Å². The van der Waals surface area contributed by atoms with Gasteiger partial charge in [0.1, 0.15) is 18.2 Å².